The van der Waals surface area contributed by atoms with Gasteiger partial charge in [-0.1, -0.05) is 18.2 Å². The second kappa shape index (κ2) is 8.21. The molecule has 1 fully saturated rings. The Labute approximate surface area is 171 Å². The molecule has 1 aromatic heterocycles. The number of nitrogens with two attached hydrogens (primary N) is 1. The molecule has 0 atom stereocenters. The average Bonchev–Trinajstić information content (AvgIpc) is 2.73. The fourth-order valence-corrected chi connectivity index (χ4v) is 4.00. The summed E-state index contributed by atoms with van der Waals surface area (Å²) in [6, 6.07) is 13.3. The first-order chi connectivity index (χ1) is 14.0. The highest BCUT2D eigenvalue weighted by Gasteiger charge is 2.23. The SMILES string of the molecule is COc1ccc(-c2cncc(-c3cc(C)cc(F)c3)c2N2CCC(N)CC2)cc1. The van der Waals surface area contributed by atoms with E-state index in [1.54, 1.807) is 19.2 Å². The number of hydrogen-bond acceptors (Lipinski definition) is 4. The topological polar surface area (TPSA) is 51.4 Å². The molecule has 4 rings (SSSR count). The van der Waals surface area contributed by atoms with Gasteiger partial charge in [-0.15, -0.1) is 0 Å². The van der Waals surface area contributed by atoms with E-state index in [1.807, 2.05) is 49.6 Å². The normalized spacial score (nSPS) is 14.8. The van der Waals surface area contributed by atoms with Crippen molar-refractivity contribution in [2.45, 2.75) is 25.8 Å². The molecule has 5 heteroatoms. The number of hydrogen-bond donors (Lipinski definition) is 1. The number of aryl methyl sites for hydroxylation is 1. The molecule has 1 saturated heterocycles. The van der Waals surface area contributed by atoms with Gasteiger partial charge in [0, 0.05) is 42.7 Å². The van der Waals surface area contributed by atoms with E-state index in [1.165, 1.54) is 0 Å². The van der Waals surface area contributed by atoms with Gasteiger partial charge in [-0.25, -0.2) is 4.39 Å². The van der Waals surface area contributed by atoms with Crippen LogP contribution in [-0.2, 0) is 0 Å². The van der Waals surface area contributed by atoms with Crippen LogP contribution in [0.25, 0.3) is 22.3 Å². The Morgan fingerprint density at radius 3 is 2.28 bits per heavy atom. The third kappa shape index (κ3) is 4.10. The molecule has 0 bridgehead atoms. The van der Waals surface area contributed by atoms with Crippen LogP contribution in [0.4, 0.5) is 10.1 Å². The van der Waals surface area contributed by atoms with Gasteiger partial charge >= 0.3 is 0 Å². The molecular formula is C24H26FN3O. The number of nitrogens with zero attached hydrogens (tertiary/aromatic N) is 2. The van der Waals surface area contributed by atoms with Crippen LogP contribution in [0.1, 0.15) is 18.4 Å². The molecule has 0 spiro atoms. The van der Waals surface area contributed by atoms with Gasteiger partial charge < -0.3 is 15.4 Å². The van der Waals surface area contributed by atoms with Gasteiger partial charge in [0.15, 0.2) is 0 Å². The summed E-state index contributed by atoms with van der Waals surface area (Å²) >= 11 is 0. The molecule has 0 radical (unpaired) electrons. The first-order valence-corrected chi connectivity index (χ1v) is 9.95. The van der Waals surface area contributed by atoms with E-state index in [9.17, 15) is 4.39 Å². The lowest BCUT2D eigenvalue weighted by Gasteiger charge is -2.35. The van der Waals surface area contributed by atoms with Gasteiger partial charge in [-0.2, -0.15) is 0 Å². The first-order valence-electron chi connectivity index (χ1n) is 9.95. The molecule has 3 aromatic rings. The van der Waals surface area contributed by atoms with Gasteiger partial charge in [0.1, 0.15) is 11.6 Å². The molecule has 0 saturated carbocycles. The number of pyridine rings is 1. The van der Waals surface area contributed by atoms with Crippen molar-refractivity contribution < 1.29 is 9.13 Å². The number of ether oxygens (including phenoxy) is 1. The van der Waals surface area contributed by atoms with Crippen molar-refractivity contribution >= 4 is 5.69 Å². The van der Waals surface area contributed by atoms with E-state index in [4.69, 9.17) is 10.5 Å². The Morgan fingerprint density at radius 1 is 1.00 bits per heavy atom. The third-order valence-electron chi connectivity index (χ3n) is 5.53. The van der Waals surface area contributed by atoms with E-state index in [0.717, 1.165) is 65.2 Å². The number of anilines is 1. The molecule has 2 N–H and O–H groups in total. The van der Waals surface area contributed by atoms with Crippen LogP contribution >= 0.6 is 0 Å². The van der Waals surface area contributed by atoms with Crippen molar-refractivity contribution in [3.63, 3.8) is 0 Å². The Morgan fingerprint density at radius 2 is 1.66 bits per heavy atom. The second-order valence-electron chi connectivity index (χ2n) is 7.65. The lowest BCUT2D eigenvalue weighted by molar-refractivity contribution is 0.415. The maximum atomic E-state index is 14.2. The van der Waals surface area contributed by atoms with Gasteiger partial charge in [-0.05, 0) is 60.7 Å². The fraction of sp³-hybridized carbons (Fsp3) is 0.292. The number of piperidine rings is 1. The molecule has 0 unspecified atom stereocenters. The van der Waals surface area contributed by atoms with Crippen molar-refractivity contribution in [1.29, 1.82) is 0 Å². The zero-order chi connectivity index (χ0) is 20.4. The maximum absolute atomic E-state index is 14.2. The fourth-order valence-electron chi connectivity index (χ4n) is 4.00. The van der Waals surface area contributed by atoms with E-state index in [0.29, 0.717) is 0 Å². The molecule has 2 aromatic carbocycles. The Balaban J connectivity index is 1.88. The Bertz CT molecular complexity index is 975. The summed E-state index contributed by atoms with van der Waals surface area (Å²) in [5.74, 6) is 0.575. The van der Waals surface area contributed by atoms with E-state index in [-0.39, 0.29) is 11.9 Å². The Kier molecular flexibility index (Phi) is 5.49. The Hall–Kier alpha value is -2.92. The minimum Gasteiger partial charge on any atom is -0.497 e. The van der Waals surface area contributed by atoms with E-state index in [2.05, 4.69) is 9.88 Å². The van der Waals surface area contributed by atoms with Gasteiger partial charge in [0.2, 0.25) is 0 Å². The van der Waals surface area contributed by atoms with Crippen LogP contribution in [0.3, 0.4) is 0 Å². The molecule has 4 nitrogen and oxygen atoms in total. The molecule has 2 heterocycles. The zero-order valence-electron chi connectivity index (χ0n) is 16.9. The van der Waals surface area contributed by atoms with Crippen LogP contribution in [0.5, 0.6) is 5.75 Å². The number of rotatable bonds is 4. The smallest absolute Gasteiger partial charge is 0.124 e. The third-order valence-corrected chi connectivity index (χ3v) is 5.53. The largest absolute Gasteiger partial charge is 0.497 e. The van der Waals surface area contributed by atoms with Crippen molar-refractivity contribution in [3.8, 4) is 28.0 Å². The van der Waals surface area contributed by atoms with Crippen molar-refractivity contribution in [2.75, 3.05) is 25.1 Å². The quantitative estimate of drug-likeness (QED) is 0.694. The molecular weight excluding hydrogens is 365 g/mol. The number of aromatic nitrogens is 1. The summed E-state index contributed by atoms with van der Waals surface area (Å²) in [7, 11) is 1.66. The van der Waals surface area contributed by atoms with Crippen molar-refractivity contribution in [3.05, 3.63) is 66.2 Å². The second-order valence-corrected chi connectivity index (χ2v) is 7.65. The van der Waals surface area contributed by atoms with Gasteiger partial charge in [0.25, 0.3) is 0 Å². The summed E-state index contributed by atoms with van der Waals surface area (Å²) in [5, 5.41) is 0. The highest BCUT2D eigenvalue weighted by molar-refractivity contribution is 5.90. The monoisotopic (exact) mass is 391 g/mol. The highest BCUT2D eigenvalue weighted by atomic mass is 19.1. The molecule has 150 valence electrons. The van der Waals surface area contributed by atoms with Crippen LogP contribution < -0.4 is 15.4 Å². The maximum Gasteiger partial charge on any atom is 0.124 e. The van der Waals surface area contributed by atoms with Crippen LogP contribution in [0.2, 0.25) is 0 Å². The molecule has 29 heavy (non-hydrogen) atoms. The summed E-state index contributed by atoms with van der Waals surface area (Å²) in [6.07, 6.45) is 5.60. The van der Waals surface area contributed by atoms with Crippen molar-refractivity contribution in [2.24, 2.45) is 5.73 Å². The average molecular weight is 391 g/mol. The zero-order valence-corrected chi connectivity index (χ0v) is 16.9. The molecule has 1 aliphatic rings. The summed E-state index contributed by atoms with van der Waals surface area (Å²) in [4.78, 5) is 6.87. The predicted molar refractivity (Wildman–Crippen MR) is 116 cm³/mol. The van der Waals surface area contributed by atoms with Crippen molar-refractivity contribution in [1.82, 2.24) is 4.98 Å². The summed E-state index contributed by atoms with van der Waals surface area (Å²) < 4.78 is 19.5. The lowest BCUT2D eigenvalue weighted by Crippen LogP contribution is -2.40. The molecule has 0 amide bonds. The minimum absolute atomic E-state index is 0.234. The van der Waals surface area contributed by atoms with E-state index >= 15 is 0 Å². The standard InChI is InChI=1S/C24H26FN3O/c1-16-11-18(13-19(25)12-16)23-15-27-14-22(17-3-5-21(29-2)6-4-17)24(23)28-9-7-20(26)8-10-28/h3-6,11-15,20H,7-10,26H2,1-2H3. The molecule has 1 aliphatic heterocycles. The minimum atomic E-state index is -0.235. The van der Waals surface area contributed by atoms with Crippen LogP contribution in [0, 0.1) is 12.7 Å². The number of methoxy groups -OCH3 is 1. The number of halogens is 1. The van der Waals surface area contributed by atoms with E-state index < -0.39 is 0 Å². The number of benzene rings is 2. The molecule has 0 aliphatic carbocycles. The van der Waals surface area contributed by atoms with Gasteiger partial charge in [0.05, 0.1) is 12.8 Å². The summed E-state index contributed by atoms with van der Waals surface area (Å²) in [5.41, 5.74) is 12.0. The highest BCUT2D eigenvalue weighted by Crippen LogP contribution is 2.40. The van der Waals surface area contributed by atoms with Gasteiger partial charge in [-0.3, -0.25) is 4.98 Å². The van der Waals surface area contributed by atoms with Crippen LogP contribution in [0.15, 0.2) is 54.9 Å². The lowest BCUT2D eigenvalue weighted by atomic mass is 9.95. The predicted octanol–water partition coefficient (Wildman–Crippen LogP) is 4.80. The first kappa shape index (κ1) is 19.4. The van der Waals surface area contributed by atoms with Crippen LogP contribution in [-0.4, -0.2) is 31.2 Å². The summed E-state index contributed by atoms with van der Waals surface area (Å²) in [6.45, 7) is 3.65.